The monoisotopic (exact) mass is 750 g/mol. The zero-order valence-corrected chi connectivity index (χ0v) is 32.0. The summed E-state index contributed by atoms with van der Waals surface area (Å²) in [5, 5.41) is 23.1. The second-order valence-corrected chi connectivity index (χ2v) is 17.0. The minimum atomic E-state index is 0.928. The van der Waals surface area contributed by atoms with Crippen LogP contribution >= 0.6 is 11.3 Å². The number of hydrogen-bond donors (Lipinski definition) is 0. The largest absolute Gasteiger partial charge is 0.456 e. The maximum absolute atomic E-state index is 6.35. The summed E-state index contributed by atoms with van der Waals surface area (Å²) in [6.07, 6.45) is 0. The highest BCUT2D eigenvalue weighted by molar-refractivity contribution is 7.25. The predicted octanol–water partition coefficient (Wildman–Crippen LogP) is 16.8. The van der Waals surface area contributed by atoms with E-state index >= 15 is 0 Å². The van der Waals surface area contributed by atoms with Crippen molar-refractivity contribution in [2.75, 3.05) is 0 Å². The van der Waals surface area contributed by atoms with E-state index in [1.54, 1.807) is 0 Å². The van der Waals surface area contributed by atoms with Crippen LogP contribution in [0, 0.1) is 0 Å². The molecule has 0 amide bonds. The molecule has 0 bridgehead atoms. The van der Waals surface area contributed by atoms with Crippen molar-refractivity contribution in [3.63, 3.8) is 0 Å². The minimum absolute atomic E-state index is 0.928. The molecule has 0 atom stereocenters. The van der Waals surface area contributed by atoms with Crippen LogP contribution in [0.1, 0.15) is 0 Å². The van der Waals surface area contributed by atoms with E-state index in [1.165, 1.54) is 118 Å². The molecule has 266 valence electrons. The standard InChI is InChI=1S/C56H30OS/c1-2-11-37-36(10-1)45-26-32(18-21-38(45)46-29-48-39-12-3-4-17-51(39)57-52(48)30-47(37)46)33-19-24-53-49(27-33)50-28-34(20-25-54(50)58-53)35-22-23-44-42-14-6-9-31-8-5-13-41(55(31)42)43-16-7-15-40(35)56(43)44/h1-30H. The molecule has 1 nitrogen and oxygen atoms in total. The van der Waals surface area contributed by atoms with E-state index in [9.17, 15) is 0 Å². The molecule has 12 aromatic carbocycles. The van der Waals surface area contributed by atoms with Crippen molar-refractivity contribution in [2.24, 2.45) is 0 Å². The van der Waals surface area contributed by atoms with Gasteiger partial charge in [-0.05, 0) is 146 Å². The lowest BCUT2D eigenvalue weighted by Crippen LogP contribution is -1.89. The molecule has 0 unspecified atom stereocenters. The first-order valence-corrected chi connectivity index (χ1v) is 20.8. The van der Waals surface area contributed by atoms with Crippen LogP contribution in [0.4, 0.5) is 0 Å². The summed E-state index contributed by atoms with van der Waals surface area (Å²) in [4.78, 5) is 0. The third kappa shape index (κ3) is 4.09. The van der Waals surface area contributed by atoms with Crippen LogP contribution in [0.25, 0.3) is 140 Å². The molecule has 0 aliphatic carbocycles. The van der Waals surface area contributed by atoms with E-state index in [4.69, 9.17) is 4.42 Å². The maximum Gasteiger partial charge on any atom is 0.136 e. The minimum Gasteiger partial charge on any atom is -0.456 e. The second kappa shape index (κ2) is 11.2. The van der Waals surface area contributed by atoms with Gasteiger partial charge in [0, 0.05) is 30.9 Å². The fourth-order valence-corrected chi connectivity index (χ4v) is 11.4. The number of para-hydroxylation sites is 1. The zero-order valence-electron chi connectivity index (χ0n) is 31.1. The average molecular weight is 751 g/mol. The highest BCUT2D eigenvalue weighted by atomic mass is 32.1. The van der Waals surface area contributed by atoms with Crippen LogP contribution in [0.2, 0.25) is 0 Å². The van der Waals surface area contributed by atoms with Gasteiger partial charge in [-0.3, -0.25) is 0 Å². The Morgan fingerprint density at radius 1 is 0.276 bits per heavy atom. The van der Waals surface area contributed by atoms with Crippen molar-refractivity contribution in [1.29, 1.82) is 0 Å². The molecule has 0 N–H and O–H groups in total. The third-order valence-electron chi connectivity index (χ3n) is 13.0. The molecule has 2 heterocycles. The van der Waals surface area contributed by atoms with E-state index < -0.39 is 0 Å². The van der Waals surface area contributed by atoms with E-state index in [0.29, 0.717) is 0 Å². The summed E-state index contributed by atoms with van der Waals surface area (Å²) in [6.45, 7) is 0. The van der Waals surface area contributed by atoms with E-state index in [2.05, 4.69) is 176 Å². The molecule has 14 aromatic rings. The zero-order chi connectivity index (χ0) is 37.6. The van der Waals surface area contributed by atoms with Crippen LogP contribution in [-0.4, -0.2) is 0 Å². The van der Waals surface area contributed by atoms with Gasteiger partial charge in [-0.15, -0.1) is 11.3 Å². The van der Waals surface area contributed by atoms with Crippen LogP contribution in [0.5, 0.6) is 0 Å². The number of furan rings is 1. The summed E-state index contributed by atoms with van der Waals surface area (Å²) >= 11 is 1.88. The van der Waals surface area contributed by atoms with Gasteiger partial charge in [0.05, 0.1) is 0 Å². The van der Waals surface area contributed by atoms with Crippen LogP contribution in [0.15, 0.2) is 186 Å². The topological polar surface area (TPSA) is 13.1 Å². The van der Waals surface area contributed by atoms with Crippen molar-refractivity contribution < 1.29 is 4.42 Å². The number of hydrogen-bond acceptors (Lipinski definition) is 2. The Hall–Kier alpha value is -7.26. The van der Waals surface area contributed by atoms with E-state index in [0.717, 1.165) is 21.9 Å². The summed E-state index contributed by atoms with van der Waals surface area (Å²) in [5.41, 5.74) is 6.84. The molecule has 0 aliphatic rings. The molecule has 0 saturated carbocycles. The first-order chi connectivity index (χ1) is 28.7. The molecule has 2 aromatic heterocycles. The van der Waals surface area contributed by atoms with Crippen molar-refractivity contribution in [3.05, 3.63) is 182 Å². The number of benzene rings is 12. The Bertz CT molecular complexity index is 4040. The van der Waals surface area contributed by atoms with Crippen LogP contribution < -0.4 is 0 Å². The molecule has 0 radical (unpaired) electrons. The molecule has 14 rings (SSSR count). The molecular weight excluding hydrogens is 721 g/mol. The maximum atomic E-state index is 6.35. The Morgan fingerprint density at radius 2 is 0.793 bits per heavy atom. The molecule has 0 fully saturated rings. The average Bonchev–Trinajstić information content (AvgIpc) is 3.84. The second-order valence-electron chi connectivity index (χ2n) is 15.9. The SMILES string of the molecule is c1ccc2c(c1)oc1cc3c4ccccc4c4cc(-c5ccc6sc7ccc(-c8ccc9c%10cccc%11cccc(c%12cccc8c%129)c%11%10)cc7c6c5)ccc4c3cc12. The number of fused-ring (bicyclic) bond motifs is 14. The molecule has 2 heteroatoms. The number of rotatable bonds is 2. The number of thiophene rings is 1. The van der Waals surface area contributed by atoms with Crippen molar-refractivity contribution in [1.82, 2.24) is 0 Å². The van der Waals surface area contributed by atoms with Gasteiger partial charge in [-0.1, -0.05) is 133 Å². The molecule has 58 heavy (non-hydrogen) atoms. The van der Waals surface area contributed by atoms with Gasteiger partial charge in [-0.2, -0.15) is 0 Å². The Labute approximate surface area is 335 Å². The highest BCUT2D eigenvalue weighted by Crippen LogP contribution is 2.46. The smallest absolute Gasteiger partial charge is 0.136 e. The highest BCUT2D eigenvalue weighted by Gasteiger charge is 2.18. The molecule has 0 saturated heterocycles. The van der Waals surface area contributed by atoms with Gasteiger partial charge in [0.1, 0.15) is 11.2 Å². The Morgan fingerprint density at radius 3 is 1.57 bits per heavy atom. The third-order valence-corrected chi connectivity index (χ3v) is 14.1. The molecule has 0 spiro atoms. The summed E-state index contributed by atoms with van der Waals surface area (Å²) in [7, 11) is 0. The predicted molar refractivity (Wildman–Crippen MR) is 251 cm³/mol. The summed E-state index contributed by atoms with van der Waals surface area (Å²) < 4.78 is 8.97. The normalized spacial score (nSPS) is 12.5. The van der Waals surface area contributed by atoms with Gasteiger partial charge in [-0.25, -0.2) is 0 Å². The van der Waals surface area contributed by atoms with Crippen LogP contribution in [-0.2, 0) is 0 Å². The van der Waals surface area contributed by atoms with Gasteiger partial charge >= 0.3 is 0 Å². The Balaban J connectivity index is 0.953. The molecular formula is C56H30OS. The fraction of sp³-hybridized carbons (Fsp3) is 0. The quantitative estimate of drug-likeness (QED) is 0.127. The van der Waals surface area contributed by atoms with Gasteiger partial charge in [0.2, 0.25) is 0 Å². The van der Waals surface area contributed by atoms with Gasteiger partial charge in [0.15, 0.2) is 0 Å². The lowest BCUT2D eigenvalue weighted by molar-refractivity contribution is 0.669. The van der Waals surface area contributed by atoms with Gasteiger partial charge < -0.3 is 4.42 Å². The first-order valence-electron chi connectivity index (χ1n) is 20.0. The van der Waals surface area contributed by atoms with Gasteiger partial charge in [0.25, 0.3) is 0 Å². The Kier molecular flexibility index (Phi) is 5.96. The van der Waals surface area contributed by atoms with Crippen molar-refractivity contribution in [2.45, 2.75) is 0 Å². The fourth-order valence-electron chi connectivity index (χ4n) is 10.4. The lowest BCUT2D eigenvalue weighted by atomic mass is 9.87. The van der Waals surface area contributed by atoms with E-state index in [-0.39, 0.29) is 0 Å². The van der Waals surface area contributed by atoms with Crippen LogP contribution in [0.3, 0.4) is 0 Å². The van der Waals surface area contributed by atoms with E-state index in [1.807, 2.05) is 17.4 Å². The molecule has 0 aliphatic heterocycles. The van der Waals surface area contributed by atoms with Crippen molar-refractivity contribution >= 4 is 129 Å². The summed E-state index contributed by atoms with van der Waals surface area (Å²) in [5.74, 6) is 0. The first kappa shape index (κ1) is 30.9. The summed E-state index contributed by atoms with van der Waals surface area (Å²) in [6, 6.07) is 67.9. The lowest BCUT2D eigenvalue weighted by Gasteiger charge is -2.16. The van der Waals surface area contributed by atoms with Crippen molar-refractivity contribution in [3.8, 4) is 22.3 Å².